The van der Waals surface area contributed by atoms with Crippen LogP contribution < -0.4 is 9.47 Å². The van der Waals surface area contributed by atoms with Crippen molar-refractivity contribution in [2.45, 2.75) is 25.8 Å². The molecule has 2 aromatic rings. The number of benzene rings is 2. The molecule has 1 unspecified atom stereocenters. The molecule has 0 fully saturated rings. The van der Waals surface area contributed by atoms with Gasteiger partial charge in [-0.25, -0.2) is 0 Å². The van der Waals surface area contributed by atoms with Crippen LogP contribution in [0.4, 0.5) is 0 Å². The van der Waals surface area contributed by atoms with Gasteiger partial charge in [-0.3, -0.25) is 4.79 Å². The van der Waals surface area contributed by atoms with Crippen molar-refractivity contribution in [1.29, 1.82) is 0 Å². The van der Waals surface area contributed by atoms with Crippen molar-refractivity contribution in [3.05, 3.63) is 59.7 Å². The van der Waals surface area contributed by atoms with Crippen molar-refractivity contribution >= 4 is 5.91 Å². The van der Waals surface area contributed by atoms with E-state index in [1.807, 2.05) is 47.4 Å². The van der Waals surface area contributed by atoms with E-state index in [1.54, 1.807) is 7.11 Å². The van der Waals surface area contributed by atoms with E-state index >= 15 is 0 Å². The van der Waals surface area contributed by atoms with Gasteiger partial charge in [0, 0.05) is 6.54 Å². The highest BCUT2D eigenvalue weighted by Gasteiger charge is 2.27. The van der Waals surface area contributed by atoms with E-state index in [0.29, 0.717) is 13.0 Å². The number of fused-ring (bicyclic) bond motifs is 1. The molecule has 126 valence electrons. The van der Waals surface area contributed by atoms with E-state index in [4.69, 9.17) is 9.47 Å². The van der Waals surface area contributed by atoms with Crippen molar-refractivity contribution in [3.8, 4) is 11.5 Å². The second kappa shape index (κ2) is 7.39. The summed E-state index contributed by atoms with van der Waals surface area (Å²) in [6, 6.07) is 15.8. The molecular weight excluding hydrogens is 302 g/mol. The molecule has 0 N–H and O–H groups in total. The fourth-order valence-corrected chi connectivity index (χ4v) is 3.18. The van der Waals surface area contributed by atoms with Crippen LogP contribution in [0.1, 0.15) is 30.5 Å². The van der Waals surface area contributed by atoms with E-state index in [0.717, 1.165) is 24.5 Å². The summed E-state index contributed by atoms with van der Waals surface area (Å²) in [5, 5.41) is 0. The van der Waals surface area contributed by atoms with Crippen LogP contribution in [0.5, 0.6) is 11.5 Å². The molecule has 0 saturated carbocycles. The van der Waals surface area contributed by atoms with E-state index in [2.05, 4.69) is 13.0 Å². The lowest BCUT2D eigenvalue weighted by atomic mass is 9.93. The molecule has 1 atom stereocenters. The Morgan fingerprint density at radius 3 is 2.71 bits per heavy atom. The van der Waals surface area contributed by atoms with Crippen LogP contribution in [0.25, 0.3) is 0 Å². The largest absolute Gasteiger partial charge is 0.497 e. The Balaban J connectivity index is 1.61. The van der Waals surface area contributed by atoms with Gasteiger partial charge in [-0.1, -0.05) is 24.3 Å². The summed E-state index contributed by atoms with van der Waals surface area (Å²) < 4.78 is 11.0. The zero-order valence-corrected chi connectivity index (χ0v) is 14.2. The second-order valence-corrected chi connectivity index (χ2v) is 5.99. The van der Waals surface area contributed by atoms with Gasteiger partial charge in [0.05, 0.1) is 26.2 Å². The smallest absolute Gasteiger partial charge is 0.226 e. The van der Waals surface area contributed by atoms with Gasteiger partial charge >= 0.3 is 0 Å². The van der Waals surface area contributed by atoms with Gasteiger partial charge in [-0.15, -0.1) is 0 Å². The van der Waals surface area contributed by atoms with Crippen LogP contribution in [-0.2, 0) is 11.2 Å². The van der Waals surface area contributed by atoms with Gasteiger partial charge in [0.25, 0.3) is 0 Å². The molecule has 3 rings (SSSR count). The number of amides is 1. The first-order valence-electron chi connectivity index (χ1n) is 8.33. The number of rotatable bonds is 5. The number of hydrogen-bond donors (Lipinski definition) is 0. The summed E-state index contributed by atoms with van der Waals surface area (Å²) in [5.41, 5.74) is 2.48. The number of ether oxygens (including phenoxy) is 2. The fraction of sp³-hybridized carbons (Fsp3) is 0.350. The summed E-state index contributed by atoms with van der Waals surface area (Å²) in [4.78, 5) is 14.5. The summed E-state index contributed by atoms with van der Waals surface area (Å²) >= 11 is 0. The topological polar surface area (TPSA) is 38.8 Å². The van der Waals surface area contributed by atoms with Crippen LogP contribution in [0.2, 0.25) is 0 Å². The standard InChI is InChI=1S/C20H23NO3/c1-15-19-14-18(23-2)9-8-16(19)10-12-21(15)20(22)11-13-24-17-6-4-3-5-7-17/h3-9,14-15H,10-13H2,1-2H3. The Morgan fingerprint density at radius 1 is 1.17 bits per heavy atom. The van der Waals surface area contributed by atoms with Crippen molar-refractivity contribution in [2.24, 2.45) is 0 Å². The third-order valence-electron chi connectivity index (χ3n) is 4.54. The quantitative estimate of drug-likeness (QED) is 0.843. The van der Waals surface area contributed by atoms with Crippen molar-refractivity contribution in [1.82, 2.24) is 4.90 Å². The summed E-state index contributed by atoms with van der Waals surface area (Å²) in [7, 11) is 1.67. The molecule has 4 nitrogen and oxygen atoms in total. The Morgan fingerprint density at radius 2 is 1.96 bits per heavy atom. The van der Waals surface area contributed by atoms with Gasteiger partial charge < -0.3 is 14.4 Å². The van der Waals surface area contributed by atoms with E-state index < -0.39 is 0 Å². The Kier molecular flexibility index (Phi) is 5.04. The number of carbonyl (C=O) groups is 1. The average Bonchev–Trinajstić information content (AvgIpc) is 2.62. The summed E-state index contributed by atoms with van der Waals surface area (Å²) in [6.45, 7) is 3.23. The first-order chi connectivity index (χ1) is 11.7. The zero-order valence-electron chi connectivity index (χ0n) is 14.2. The minimum absolute atomic E-state index is 0.0630. The number of carbonyl (C=O) groups excluding carboxylic acids is 1. The lowest BCUT2D eigenvalue weighted by Gasteiger charge is -2.35. The van der Waals surface area contributed by atoms with Gasteiger partial charge in [0.2, 0.25) is 5.91 Å². The minimum Gasteiger partial charge on any atom is -0.497 e. The molecule has 1 aliphatic rings. The first kappa shape index (κ1) is 16.4. The molecule has 1 amide bonds. The number of nitrogens with zero attached hydrogens (tertiary/aromatic N) is 1. The number of hydrogen-bond acceptors (Lipinski definition) is 3. The van der Waals surface area contributed by atoms with E-state index in [1.165, 1.54) is 11.1 Å². The SMILES string of the molecule is COc1ccc2c(c1)C(C)N(C(=O)CCOc1ccccc1)CC2. The van der Waals surface area contributed by atoms with Crippen LogP contribution in [0, 0.1) is 0 Å². The van der Waals surface area contributed by atoms with Crippen molar-refractivity contribution < 1.29 is 14.3 Å². The number of para-hydroxylation sites is 1. The predicted molar refractivity (Wildman–Crippen MR) is 93.4 cm³/mol. The molecule has 0 aliphatic carbocycles. The molecule has 1 heterocycles. The third-order valence-corrected chi connectivity index (χ3v) is 4.54. The molecule has 0 spiro atoms. The highest BCUT2D eigenvalue weighted by atomic mass is 16.5. The van der Waals surface area contributed by atoms with Gasteiger partial charge in [-0.2, -0.15) is 0 Å². The molecule has 0 radical (unpaired) electrons. The molecule has 24 heavy (non-hydrogen) atoms. The van der Waals surface area contributed by atoms with E-state index in [-0.39, 0.29) is 11.9 Å². The van der Waals surface area contributed by atoms with Crippen molar-refractivity contribution in [3.63, 3.8) is 0 Å². The van der Waals surface area contributed by atoms with E-state index in [9.17, 15) is 4.79 Å². The molecule has 0 bridgehead atoms. The Bertz CT molecular complexity index is 699. The molecule has 1 aliphatic heterocycles. The molecule has 2 aromatic carbocycles. The lowest BCUT2D eigenvalue weighted by molar-refractivity contribution is -0.134. The molecule has 0 saturated heterocycles. The van der Waals surface area contributed by atoms with Gasteiger partial charge in [-0.05, 0) is 48.7 Å². The minimum atomic E-state index is 0.0630. The van der Waals surface area contributed by atoms with Crippen molar-refractivity contribution in [2.75, 3.05) is 20.3 Å². The monoisotopic (exact) mass is 325 g/mol. The number of methoxy groups -OCH3 is 1. The first-order valence-corrected chi connectivity index (χ1v) is 8.33. The third kappa shape index (κ3) is 3.53. The summed E-state index contributed by atoms with van der Waals surface area (Å²) in [6.07, 6.45) is 1.27. The summed E-state index contributed by atoms with van der Waals surface area (Å²) in [5.74, 6) is 1.77. The zero-order chi connectivity index (χ0) is 16.9. The Hall–Kier alpha value is -2.49. The maximum absolute atomic E-state index is 12.6. The normalized spacial score (nSPS) is 16.4. The highest BCUT2D eigenvalue weighted by Crippen LogP contribution is 2.32. The maximum Gasteiger partial charge on any atom is 0.226 e. The van der Waals surface area contributed by atoms with Crippen LogP contribution in [0.15, 0.2) is 48.5 Å². The maximum atomic E-state index is 12.6. The lowest BCUT2D eigenvalue weighted by Crippen LogP contribution is -2.39. The van der Waals surface area contributed by atoms with Crippen LogP contribution in [0.3, 0.4) is 0 Å². The van der Waals surface area contributed by atoms with Crippen LogP contribution >= 0.6 is 0 Å². The van der Waals surface area contributed by atoms with Crippen LogP contribution in [-0.4, -0.2) is 31.1 Å². The average molecular weight is 325 g/mol. The molecule has 0 aromatic heterocycles. The fourth-order valence-electron chi connectivity index (χ4n) is 3.18. The van der Waals surface area contributed by atoms with Gasteiger partial charge in [0.1, 0.15) is 11.5 Å². The molecular formula is C20H23NO3. The molecule has 4 heteroatoms. The Labute approximate surface area is 143 Å². The predicted octanol–water partition coefficient (Wildman–Crippen LogP) is 3.61. The highest BCUT2D eigenvalue weighted by molar-refractivity contribution is 5.77. The second-order valence-electron chi connectivity index (χ2n) is 5.99. The van der Waals surface area contributed by atoms with Gasteiger partial charge in [0.15, 0.2) is 0 Å².